The zero-order valence-corrected chi connectivity index (χ0v) is 14.8. The van der Waals surface area contributed by atoms with Gasteiger partial charge in [-0.15, -0.1) is 0 Å². The van der Waals surface area contributed by atoms with Crippen LogP contribution in [0.1, 0.15) is 19.8 Å². The normalized spacial score (nSPS) is 24.7. The molecule has 0 bridgehead atoms. The van der Waals surface area contributed by atoms with Gasteiger partial charge < -0.3 is 15.0 Å². The van der Waals surface area contributed by atoms with Gasteiger partial charge in [0.15, 0.2) is 9.84 Å². The number of rotatable bonds is 8. The second-order valence-corrected chi connectivity index (χ2v) is 8.42. The smallest absolute Gasteiger partial charge is 0.224 e. The first-order valence-electron chi connectivity index (χ1n) is 8.52. The average molecular weight is 347 g/mol. The van der Waals surface area contributed by atoms with Crippen molar-refractivity contribution >= 4 is 15.7 Å². The molecule has 1 N–H and O–H groups in total. The molecule has 7 nitrogen and oxygen atoms in total. The largest absolute Gasteiger partial charge is 0.379 e. The van der Waals surface area contributed by atoms with Gasteiger partial charge >= 0.3 is 0 Å². The van der Waals surface area contributed by atoms with Crippen LogP contribution in [0, 0.1) is 0 Å². The van der Waals surface area contributed by atoms with Gasteiger partial charge in [-0.25, -0.2) is 8.42 Å². The molecule has 0 saturated carbocycles. The van der Waals surface area contributed by atoms with Gasteiger partial charge in [0.1, 0.15) is 0 Å². The molecule has 8 heteroatoms. The molecule has 0 aliphatic carbocycles. The van der Waals surface area contributed by atoms with Crippen LogP contribution in [0.4, 0.5) is 0 Å². The lowest BCUT2D eigenvalue weighted by Gasteiger charge is -2.27. The summed E-state index contributed by atoms with van der Waals surface area (Å²) in [6, 6.07) is -0.133. The fourth-order valence-electron chi connectivity index (χ4n) is 3.19. The number of carbonyl (C=O) groups excluding carboxylic acids is 1. The summed E-state index contributed by atoms with van der Waals surface area (Å²) in [6.07, 6.45) is 1.000. The Kier molecular flexibility index (Phi) is 7.26. The highest BCUT2D eigenvalue weighted by molar-refractivity contribution is 7.91. The number of hydrogen-bond donors (Lipinski definition) is 1. The van der Waals surface area contributed by atoms with E-state index in [0.717, 1.165) is 39.4 Å². The van der Waals surface area contributed by atoms with Gasteiger partial charge in [0.05, 0.1) is 24.7 Å². The van der Waals surface area contributed by atoms with E-state index in [1.54, 1.807) is 4.90 Å². The zero-order chi connectivity index (χ0) is 16.7. The van der Waals surface area contributed by atoms with Crippen LogP contribution in [-0.4, -0.2) is 94.2 Å². The lowest BCUT2D eigenvalue weighted by atomic mass is 10.2. The summed E-state index contributed by atoms with van der Waals surface area (Å²) in [5.74, 6) is 0.379. The standard InChI is InChI=1S/C15H29N3O4S/c1-2-18(14-4-12-23(20,21)13-14)15(19)3-5-16-6-7-17-8-10-22-11-9-17/h14,16H,2-13H2,1H3. The molecule has 2 aliphatic rings. The van der Waals surface area contributed by atoms with E-state index in [2.05, 4.69) is 10.2 Å². The van der Waals surface area contributed by atoms with Crippen molar-refractivity contribution in [2.45, 2.75) is 25.8 Å². The Morgan fingerprint density at radius 1 is 1.30 bits per heavy atom. The summed E-state index contributed by atoms with van der Waals surface area (Å²) in [7, 11) is -2.95. The Labute approximate surface area is 139 Å². The van der Waals surface area contributed by atoms with Crippen LogP contribution in [-0.2, 0) is 19.4 Å². The summed E-state index contributed by atoms with van der Waals surface area (Å²) < 4.78 is 28.4. The topological polar surface area (TPSA) is 79.0 Å². The van der Waals surface area contributed by atoms with Gasteiger partial charge in [0.2, 0.25) is 5.91 Å². The van der Waals surface area contributed by atoms with E-state index in [1.165, 1.54) is 0 Å². The van der Waals surface area contributed by atoms with Crippen molar-refractivity contribution in [2.75, 3.05) is 64.0 Å². The number of ether oxygens (including phenoxy) is 1. The maximum absolute atomic E-state index is 12.3. The van der Waals surface area contributed by atoms with Crippen molar-refractivity contribution in [3.63, 3.8) is 0 Å². The Hall–Kier alpha value is -0.700. The summed E-state index contributed by atoms with van der Waals surface area (Å²) in [5.41, 5.74) is 0. The molecule has 1 unspecified atom stereocenters. The van der Waals surface area contributed by atoms with Gasteiger partial charge in [-0.05, 0) is 13.3 Å². The number of nitrogens with zero attached hydrogens (tertiary/aromatic N) is 2. The van der Waals surface area contributed by atoms with E-state index in [4.69, 9.17) is 4.74 Å². The predicted octanol–water partition coefficient (Wildman–Crippen LogP) is -0.666. The van der Waals surface area contributed by atoms with E-state index in [1.807, 2.05) is 6.92 Å². The second kappa shape index (κ2) is 8.96. The van der Waals surface area contributed by atoms with Crippen LogP contribution in [0.2, 0.25) is 0 Å². The van der Waals surface area contributed by atoms with Crippen LogP contribution in [0.25, 0.3) is 0 Å². The number of morpholine rings is 1. The molecule has 0 aromatic heterocycles. The van der Waals surface area contributed by atoms with E-state index in [0.29, 0.717) is 25.9 Å². The SMILES string of the molecule is CCN(C(=O)CCNCCN1CCOCC1)C1CCS(=O)(=O)C1. The summed E-state index contributed by atoms with van der Waals surface area (Å²) in [5, 5.41) is 3.30. The Balaban J connectivity index is 1.63. The predicted molar refractivity (Wildman–Crippen MR) is 89.2 cm³/mol. The first-order chi connectivity index (χ1) is 11.0. The highest BCUT2D eigenvalue weighted by Gasteiger charge is 2.33. The second-order valence-electron chi connectivity index (χ2n) is 6.19. The molecule has 0 radical (unpaired) electrons. The fourth-order valence-corrected chi connectivity index (χ4v) is 4.92. The molecule has 0 aromatic rings. The molecule has 23 heavy (non-hydrogen) atoms. The molecule has 0 aromatic carbocycles. The van der Waals surface area contributed by atoms with Crippen molar-refractivity contribution in [3.8, 4) is 0 Å². The highest BCUT2D eigenvalue weighted by Crippen LogP contribution is 2.18. The third-order valence-electron chi connectivity index (χ3n) is 4.53. The number of hydrogen-bond acceptors (Lipinski definition) is 6. The van der Waals surface area contributed by atoms with Crippen LogP contribution >= 0.6 is 0 Å². The van der Waals surface area contributed by atoms with Gasteiger partial charge in [-0.1, -0.05) is 0 Å². The number of amides is 1. The third kappa shape index (κ3) is 6.02. The first-order valence-corrected chi connectivity index (χ1v) is 10.3. The quantitative estimate of drug-likeness (QED) is 0.587. The Morgan fingerprint density at radius 2 is 2.04 bits per heavy atom. The van der Waals surface area contributed by atoms with Crippen LogP contribution < -0.4 is 5.32 Å². The van der Waals surface area contributed by atoms with Crippen molar-refractivity contribution in [1.82, 2.24) is 15.1 Å². The summed E-state index contributed by atoms with van der Waals surface area (Å²) in [6.45, 7) is 8.50. The molecule has 1 atom stereocenters. The minimum Gasteiger partial charge on any atom is -0.379 e. The third-order valence-corrected chi connectivity index (χ3v) is 6.28. The maximum Gasteiger partial charge on any atom is 0.224 e. The van der Waals surface area contributed by atoms with E-state index in [9.17, 15) is 13.2 Å². The van der Waals surface area contributed by atoms with Gasteiger partial charge in [0, 0.05) is 51.7 Å². The summed E-state index contributed by atoms with van der Waals surface area (Å²) >= 11 is 0. The number of nitrogens with one attached hydrogen (secondary N) is 1. The van der Waals surface area contributed by atoms with Crippen LogP contribution in [0.3, 0.4) is 0 Å². The Bertz CT molecular complexity index is 477. The molecule has 1 amide bonds. The highest BCUT2D eigenvalue weighted by atomic mass is 32.2. The molecular weight excluding hydrogens is 318 g/mol. The molecule has 134 valence electrons. The lowest BCUT2D eigenvalue weighted by molar-refractivity contribution is -0.132. The molecule has 2 fully saturated rings. The average Bonchev–Trinajstić information content (AvgIpc) is 2.88. The maximum atomic E-state index is 12.3. The first kappa shape index (κ1) is 18.6. The van der Waals surface area contributed by atoms with Gasteiger partial charge in [0.25, 0.3) is 0 Å². The monoisotopic (exact) mass is 347 g/mol. The van der Waals surface area contributed by atoms with E-state index < -0.39 is 9.84 Å². The number of sulfone groups is 1. The van der Waals surface area contributed by atoms with Crippen LogP contribution in [0.15, 0.2) is 0 Å². The molecule has 2 heterocycles. The van der Waals surface area contributed by atoms with Crippen molar-refractivity contribution in [1.29, 1.82) is 0 Å². The van der Waals surface area contributed by atoms with Crippen molar-refractivity contribution in [2.24, 2.45) is 0 Å². The molecule has 2 aliphatic heterocycles. The molecule has 2 saturated heterocycles. The minimum absolute atomic E-state index is 0.0495. The van der Waals surface area contributed by atoms with Gasteiger partial charge in [-0.2, -0.15) is 0 Å². The minimum atomic E-state index is -2.95. The fraction of sp³-hybridized carbons (Fsp3) is 0.933. The summed E-state index contributed by atoms with van der Waals surface area (Å²) in [4.78, 5) is 16.4. The van der Waals surface area contributed by atoms with E-state index in [-0.39, 0.29) is 23.5 Å². The zero-order valence-electron chi connectivity index (χ0n) is 14.0. The Morgan fingerprint density at radius 3 is 2.65 bits per heavy atom. The molecule has 0 spiro atoms. The molecule has 2 rings (SSSR count). The van der Waals surface area contributed by atoms with Gasteiger partial charge in [-0.3, -0.25) is 9.69 Å². The number of carbonyl (C=O) groups is 1. The van der Waals surface area contributed by atoms with Crippen LogP contribution in [0.5, 0.6) is 0 Å². The molecular formula is C15H29N3O4S. The van der Waals surface area contributed by atoms with Crippen molar-refractivity contribution < 1.29 is 17.9 Å². The van der Waals surface area contributed by atoms with E-state index >= 15 is 0 Å². The van der Waals surface area contributed by atoms with Crippen molar-refractivity contribution in [3.05, 3.63) is 0 Å². The lowest BCUT2D eigenvalue weighted by Crippen LogP contribution is -2.43.